The molecule has 3 aromatic rings. The summed E-state index contributed by atoms with van der Waals surface area (Å²) in [5.74, 6) is 1.88. The molecular formula is C24H34N2O2S. The fraction of sp³-hybridized carbons (Fsp3) is 0.500. The molecule has 1 aromatic heterocycles. The molecule has 3 rings (SSSR count). The molecule has 0 saturated heterocycles. The van der Waals surface area contributed by atoms with Crippen molar-refractivity contribution in [2.75, 3.05) is 52.5 Å². The average Bonchev–Trinajstić information content (AvgIpc) is 3.11. The van der Waals surface area contributed by atoms with Crippen LogP contribution >= 0.6 is 11.3 Å². The summed E-state index contributed by atoms with van der Waals surface area (Å²) in [5.41, 5.74) is 0. The molecule has 0 aliphatic rings. The standard InChI is InChI=1S/C24H34N2O2S/c1-5-25(6-2)13-15-27-19-9-11-23-21(17-19)22-18-20(10-12-24(22)29-23)28-16-14-26(7-3)8-4/h9-12,17-18H,5-8,13-16H2,1-4H3. The predicted octanol–water partition coefficient (Wildman–Crippen LogP) is 5.50. The minimum atomic E-state index is 0.717. The Morgan fingerprint density at radius 1 is 0.655 bits per heavy atom. The van der Waals surface area contributed by atoms with Crippen molar-refractivity contribution in [1.82, 2.24) is 9.80 Å². The van der Waals surface area contributed by atoms with Crippen molar-refractivity contribution in [2.24, 2.45) is 0 Å². The molecule has 0 atom stereocenters. The molecular weight excluding hydrogens is 380 g/mol. The monoisotopic (exact) mass is 414 g/mol. The van der Waals surface area contributed by atoms with Crippen molar-refractivity contribution >= 4 is 31.5 Å². The molecule has 5 heteroatoms. The van der Waals surface area contributed by atoms with Crippen LogP contribution in [0.1, 0.15) is 27.7 Å². The predicted molar refractivity (Wildman–Crippen MR) is 126 cm³/mol. The Labute approximate surface area is 179 Å². The lowest BCUT2D eigenvalue weighted by atomic mass is 10.1. The number of fused-ring (bicyclic) bond motifs is 3. The molecule has 0 amide bonds. The van der Waals surface area contributed by atoms with Gasteiger partial charge in [-0.05, 0) is 62.6 Å². The summed E-state index contributed by atoms with van der Waals surface area (Å²) in [5, 5.41) is 2.50. The highest BCUT2D eigenvalue weighted by atomic mass is 32.1. The lowest BCUT2D eigenvalue weighted by Gasteiger charge is -2.18. The van der Waals surface area contributed by atoms with Gasteiger partial charge in [0.2, 0.25) is 0 Å². The van der Waals surface area contributed by atoms with Gasteiger partial charge in [-0.2, -0.15) is 0 Å². The third kappa shape index (κ3) is 5.62. The maximum Gasteiger partial charge on any atom is 0.120 e. The Hall–Kier alpha value is -1.82. The van der Waals surface area contributed by atoms with Crippen molar-refractivity contribution in [2.45, 2.75) is 27.7 Å². The summed E-state index contributed by atoms with van der Waals surface area (Å²) in [6, 6.07) is 12.9. The van der Waals surface area contributed by atoms with Crippen LogP contribution < -0.4 is 9.47 Å². The third-order valence-electron chi connectivity index (χ3n) is 5.55. The molecule has 1 heterocycles. The number of likely N-dealkylation sites (N-methyl/N-ethyl adjacent to an activating group) is 2. The van der Waals surface area contributed by atoms with Gasteiger partial charge >= 0.3 is 0 Å². The second-order valence-electron chi connectivity index (χ2n) is 7.17. The minimum Gasteiger partial charge on any atom is -0.492 e. The molecule has 0 aliphatic heterocycles. The van der Waals surface area contributed by atoms with E-state index in [-0.39, 0.29) is 0 Å². The van der Waals surface area contributed by atoms with E-state index in [0.29, 0.717) is 0 Å². The Balaban J connectivity index is 1.71. The Morgan fingerprint density at radius 3 is 1.45 bits per heavy atom. The first kappa shape index (κ1) is 21.9. The van der Waals surface area contributed by atoms with E-state index < -0.39 is 0 Å². The summed E-state index contributed by atoms with van der Waals surface area (Å²) in [6.07, 6.45) is 0. The summed E-state index contributed by atoms with van der Waals surface area (Å²) in [6.45, 7) is 16.4. The van der Waals surface area contributed by atoms with Crippen LogP contribution in [0.3, 0.4) is 0 Å². The van der Waals surface area contributed by atoms with Gasteiger partial charge in [0.15, 0.2) is 0 Å². The summed E-state index contributed by atoms with van der Waals surface area (Å²) < 4.78 is 14.7. The smallest absolute Gasteiger partial charge is 0.120 e. The Bertz CT molecular complexity index is 828. The van der Waals surface area contributed by atoms with Crippen LogP contribution in [0.15, 0.2) is 36.4 Å². The largest absolute Gasteiger partial charge is 0.492 e. The molecule has 0 unspecified atom stereocenters. The average molecular weight is 415 g/mol. The SMILES string of the molecule is CCN(CC)CCOc1ccc2sc3ccc(OCCN(CC)CC)cc3c2c1. The highest BCUT2D eigenvalue weighted by Crippen LogP contribution is 2.37. The topological polar surface area (TPSA) is 24.9 Å². The van der Waals surface area contributed by atoms with E-state index in [2.05, 4.69) is 73.9 Å². The van der Waals surface area contributed by atoms with Gasteiger partial charge in [-0.1, -0.05) is 27.7 Å². The molecule has 29 heavy (non-hydrogen) atoms. The Kier molecular flexibility index (Phi) is 8.16. The van der Waals surface area contributed by atoms with Crippen LogP contribution in [-0.4, -0.2) is 62.3 Å². The maximum atomic E-state index is 6.04. The number of nitrogens with zero attached hydrogens (tertiary/aromatic N) is 2. The van der Waals surface area contributed by atoms with Gasteiger partial charge in [-0.25, -0.2) is 0 Å². The quantitative estimate of drug-likeness (QED) is 0.391. The van der Waals surface area contributed by atoms with Crippen molar-refractivity contribution in [3.05, 3.63) is 36.4 Å². The summed E-state index contributed by atoms with van der Waals surface area (Å²) in [4.78, 5) is 4.75. The highest BCUT2D eigenvalue weighted by molar-refractivity contribution is 7.25. The van der Waals surface area contributed by atoms with Crippen molar-refractivity contribution in [3.8, 4) is 11.5 Å². The summed E-state index contributed by atoms with van der Waals surface area (Å²) >= 11 is 1.82. The number of ether oxygens (including phenoxy) is 2. The third-order valence-corrected chi connectivity index (χ3v) is 6.71. The molecule has 2 aromatic carbocycles. The fourth-order valence-electron chi connectivity index (χ4n) is 3.58. The summed E-state index contributed by atoms with van der Waals surface area (Å²) in [7, 11) is 0. The molecule has 0 aliphatic carbocycles. The van der Waals surface area contributed by atoms with Crippen LogP contribution in [0.4, 0.5) is 0 Å². The van der Waals surface area contributed by atoms with Crippen molar-refractivity contribution in [1.29, 1.82) is 0 Å². The van der Waals surface area contributed by atoms with E-state index in [0.717, 1.165) is 64.0 Å². The minimum absolute atomic E-state index is 0.717. The number of rotatable bonds is 12. The molecule has 0 saturated carbocycles. The van der Waals surface area contributed by atoms with Gasteiger partial charge in [0, 0.05) is 33.3 Å². The van der Waals surface area contributed by atoms with E-state index in [9.17, 15) is 0 Å². The van der Waals surface area contributed by atoms with Crippen molar-refractivity contribution in [3.63, 3.8) is 0 Å². The maximum absolute atomic E-state index is 6.04. The van der Waals surface area contributed by atoms with Gasteiger partial charge < -0.3 is 19.3 Å². The van der Waals surface area contributed by atoms with Crippen molar-refractivity contribution < 1.29 is 9.47 Å². The normalized spacial score (nSPS) is 11.8. The van der Waals surface area contributed by atoms with Gasteiger partial charge in [0.05, 0.1) is 0 Å². The van der Waals surface area contributed by atoms with Gasteiger partial charge in [0.1, 0.15) is 24.7 Å². The fourth-order valence-corrected chi connectivity index (χ4v) is 4.65. The van der Waals surface area contributed by atoms with Crippen LogP contribution in [0.2, 0.25) is 0 Å². The molecule has 4 nitrogen and oxygen atoms in total. The van der Waals surface area contributed by atoms with E-state index in [1.165, 1.54) is 20.2 Å². The van der Waals surface area contributed by atoms with E-state index in [1.807, 2.05) is 11.3 Å². The van der Waals surface area contributed by atoms with Crippen LogP contribution in [0.25, 0.3) is 20.2 Å². The van der Waals surface area contributed by atoms with Gasteiger partial charge in [-0.15, -0.1) is 11.3 Å². The second kappa shape index (κ2) is 10.8. The zero-order chi connectivity index (χ0) is 20.6. The second-order valence-corrected chi connectivity index (χ2v) is 8.25. The molecule has 0 fully saturated rings. The first-order chi connectivity index (χ1) is 14.2. The Morgan fingerprint density at radius 2 is 1.07 bits per heavy atom. The van der Waals surface area contributed by atoms with Gasteiger partial charge in [-0.3, -0.25) is 0 Å². The van der Waals surface area contributed by atoms with E-state index >= 15 is 0 Å². The number of hydrogen-bond donors (Lipinski definition) is 0. The molecule has 0 radical (unpaired) electrons. The van der Waals surface area contributed by atoms with Gasteiger partial charge in [0.25, 0.3) is 0 Å². The number of thiophene rings is 1. The lowest BCUT2D eigenvalue weighted by molar-refractivity contribution is 0.223. The first-order valence-electron chi connectivity index (χ1n) is 10.8. The first-order valence-corrected chi connectivity index (χ1v) is 11.7. The van der Waals surface area contributed by atoms with Crippen LogP contribution in [0.5, 0.6) is 11.5 Å². The number of benzene rings is 2. The van der Waals surface area contributed by atoms with E-state index in [1.54, 1.807) is 0 Å². The van der Waals surface area contributed by atoms with Crippen LogP contribution in [0, 0.1) is 0 Å². The molecule has 0 N–H and O–H groups in total. The highest BCUT2D eigenvalue weighted by Gasteiger charge is 2.09. The lowest BCUT2D eigenvalue weighted by Crippen LogP contribution is -2.27. The zero-order valence-electron chi connectivity index (χ0n) is 18.2. The number of hydrogen-bond acceptors (Lipinski definition) is 5. The molecule has 0 bridgehead atoms. The zero-order valence-corrected chi connectivity index (χ0v) is 19.1. The molecule has 0 spiro atoms. The van der Waals surface area contributed by atoms with E-state index in [4.69, 9.17) is 9.47 Å². The van der Waals surface area contributed by atoms with Crippen LogP contribution in [-0.2, 0) is 0 Å². The molecule has 158 valence electrons.